The molecule has 0 aliphatic heterocycles. The number of anilines is 1. The van der Waals surface area contributed by atoms with Crippen LogP contribution in [0.4, 0.5) is 5.82 Å². The van der Waals surface area contributed by atoms with Gasteiger partial charge in [0.15, 0.2) is 5.82 Å². The molecule has 34 heavy (non-hydrogen) atoms. The molecule has 3 aromatic heterocycles. The van der Waals surface area contributed by atoms with E-state index in [1.165, 1.54) is 16.4 Å². The van der Waals surface area contributed by atoms with Gasteiger partial charge in [0.25, 0.3) is 0 Å². The zero-order valence-electron chi connectivity index (χ0n) is 18.6. The van der Waals surface area contributed by atoms with Crippen molar-refractivity contribution in [2.75, 3.05) is 16.9 Å². The first kappa shape index (κ1) is 21.9. The molecule has 3 heterocycles. The number of aryl methyl sites for hydroxylation is 1. The number of nitrogens with two attached hydrogens (primary N) is 1. The maximum absolute atomic E-state index is 13.0. The van der Waals surface area contributed by atoms with Gasteiger partial charge in [-0.15, -0.1) is 10.2 Å². The first-order chi connectivity index (χ1) is 16.6. The quantitative estimate of drug-likeness (QED) is 0.322. The molecule has 1 amide bonds. The lowest BCUT2D eigenvalue weighted by Gasteiger charge is -2.17. The number of nitrogens with one attached hydrogen (secondary N) is 1. The molecule has 0 saturated carbocycles. The molecule has 5 rings (SSSR count). The van der Waals surface area contributed by atoms with E-state index in [9.17, 15) is 10.1 Å². The molecule has 3 N–H and O–H groups in total. The van der Waals surface area contributed by atoms with E-state index in [-0.39, 0.29) is 11.7 Å². The van der Waals surface area contributed by atoms with E-state index >= 15 is 0 Å². The van der Waals surface area contributed by atoms with Crippen LogP contribution in [0.5, 0.6) is 0 Å². The second kappa shape index (κ2) is 9.11. The van der Waals surface area contributed by atoms with Gasteiger partial charge in [-0.25, -0.2) is 4.68 Å². The minimum Gasteiger partial charge on any atom is -0.469 e. The highest BCUT2D eigenvalue weighted by Gasteiger charge is 2.27. The maximum Gasteiger partial charge on any atom is 0.236 e. The number of aromatic nitrogens is 4. The Morgan fingerprint density at radius 3 is 2.76 bits per heavy atom. The number of amides is 1. The van der Waals surface area contributed by atoms with Crippen LogP contribution in [0.15, 0.2) is 52.2 Å². The highest BCUT2D eigenvalue weighted by atomic mass is 32.2. The summed E-state index contributed by atoms with van der Waals surface area (Å²) in [6.07, 6.45) is 5.36. The molecule has 1 aromatic carbocycles. The van der Waals surface area contributed by atoms with Crippen molar-refractivity contribution in [3.05, 3.63) is 65.2 Å². The molecule has 10 heteroatoms. The average Bonchev–Trinajstić information content (AvgIpc) is 3.53. The number of fused-ring (bicyclic) bond motifs is 1. The summed E-state index contributed by atoms with van der Waals surface area (Å²) in [4.78, 5) is 13.0. The van der Waals surface area contributed by atoms with Crippen molar-refractivity contribution < 1.29 is 9.21 Å². The lowest BCUT2D eigenvalue weighted by Crippen LogP contribution is -2.19. The lowest BCUT2D eigenvalue weighted by atomic mass is 9.95. The fourth-order valence-electron chi connectivity index (χ4n) is 4.37. The normalized spacial score (nSPS) is 12.8. The van der Waals surface area contributed by atoms with Crippen LogP contribution in [0.2, 0.25) is 0 Å². The molecular weight excluding hydrogens is 450 g/mol. The van der Waals surface area contributed by atoms with Crippen molar-refractivity contribution >= 4 is 23.5 Å². The number of hydrogen-bond acceptors (Lipinski definition) is 7. The molecule has 172 valence electrons. The summed E-state index contributed by atoms with van der Waals surface area (Å²) >= 11 is 1.18. The standard InChI is InChI=1S/C24H23N7O2S/c1-15-17(11-12-33-15)23-28-29-24(31(23)26)34-14-21(32)27-22-19(13-25)18-9-5-6-10-20(18)30(22)16-7-3-2-4-8-16/h2-4,7-8,11-12H,5-6,9-10,14,26H2,1H3,(H,27,32). The van der Waals surface area contributed by atoms with Gasteiger partial charge in [-0.2, -0.15) is 5.26 Å². The molecule has 1 aliphatic carbocycles. The number of benzene rings is 1. The molecular formula is C24H23N7O2S. The summed E-state index contributed by atoms with van der Waals surface area (Å²) in [5.41, 5.74) is 4.33. The third-order valence-corrected chi connectivity index (χ3v) is 6.89. The van der Waals surface area contributed by atoms with E-state index in [0.29, 0.717) is 28.1 Å². The summed E-state index contributed by atoms with van der Waals surface area (Å²) < 4.78 is 8.68. The van der Waals surface area contributed by atoms with Crippen molar-refractivity contribution in [3.8, 4) is 23.1 Å². The number of furan rings is 1. The Hall–Kier alpha value is -3.97. The summed E-state index contributed by atoms with van der Waals surface area (Å²) in [6, 6.07) is 13.9. The van der Waals surface area contributed by atoms with Crippen LogP contribution < -0.4 is 11.2 Å². The molecule has 0 saturated heterocycles. The molecule has 0 bridgehead atoms. The Labute approximate surface area is 200 Å². The first-order valence-electron chi connectivity index (χ1n) is 11.0. The lowest BCUT2D eigenvalue weighted by molar-refractivity contribution is -0.113. The van der Waals surface area contributed by atoms with E-state index in [0.717, 1.165) is 48.2 Å². The number of nitrogens with zero attached hydrogens (tertiary/aromatic N) is 5. The second-order valence-electron chi connectivity index (χ2n) is 8.04. The zero-order valence-corrected chi connectivity index (χ0v) is 19.4. The van der Waals surface area contributed by atoms with Crippen LogP contribution in [0.25, 0.3) is 17.1 Å². The molecule has 4 aromatic rings. The molecule has 0 fully saturated rings. The number of para-hydroxylation sites is 1. The van der Waals surface area contributed by atoms with Crippen molar-refractivity contribution in [3.63, 3.8) is 0 Å². The van der Waals surface area contributed by atoms with Crippen molar-refractivity contribution in [1.82, 2.24) is 19.4 Å². The fourth-order valence-corrected chi connectivity index (χ4v) is 5.03. The number of nitrogen functional groups attached to an aromatic ring is 1. The predicted molar refractivity (Wildman–Crippen MR) is 129 cm³/mol. The Kier molecular flexibility index (Phi) is 5.86. The molecule has 0 radical (unpaired) electrons. The highest BCUT2D eigenvalue weighted by molar-refractivity contribution is 7.99. The van der Waals surface area contributed by atoms with Crippen LogP contribution >= 0.6 is 11.8 Å². The smallest absolute Gasteiger partial charge is 0.236 e. The molecule has 1 aliphatic rings. The number of thioether (sulfide) groups is 1. The molecule has 0 atom stereocenters. The van der Waals surface area contributed by atoms with Crippen LogP contribution in [0.1, 0.15) is 35.4 Å². The van der Waals surface area contributed by atoms with E-state index in [2.05, 4.69) is 21.6 Å². The van der Waals surface area contributed by atoms with Gasteiger partial charge in [0.1, 0.15) is 17.6 Å². The van der Waals surface area contributed by atoms with Gasteiger partial charge in [-0.3, -0.25) is 9.36 Å². The summed E-state index contributed by atoms with van der Waals surface area (Å²) in [7, 11) is 0. The van der Waals surface area contributed by atoms with Crippen molar-refractivity contribution in [1.29, 1.82) is 5.26 Å². The number of carbonyl (C=O) groups excluding carboxylic acids is 1. The van der Waals surface area contributed by atoms with Gasteiger partial charge in [0.05, 0.1) is 23.1 Å². The van der Waals surface area contributed by atoms with Gasteiger partial charge >= 0.3 is 0 Å². The Bertz CT molecular complexity index is 1390. The minimum absolute atomic E-state index is 0.0647. The van der Waals surface area contributed by atoms with Gasteiger partial charge in [-0.1, -0.05) is 30.0 Å². The van der Waals surface area contributed by atoms with Crippen LogP contribution in [-0.4, -0.2) is 31.1 Å². The molecule has 0 spiro atoms. The van der Waals surface area contributed by atoms with E-state index < -0.39 is 0 Å². The monoisotopic (exact) mass is 473 g/mol. The van der Waals surface area contributed by atoms with Crippen molar-refractivity contribution in [2.24, 2.45) is 0 Å². The summed E-state index contributed by atoms with van der Waals surface area (Å²) in [5.74, 6) is 7.65. The number of nitriles is 1. The fraction of sp³-hybridized carbons (Fsp3) is 0.250. The Balaban J connectivity index is 1.40. The largest absolute Gasteiger partial charge is 0.469 e. The molecule has 9 nitrogen and oxygen atoms in total. The van der Waals surface area contributed by atoms with Crippen LogP contribution in [0.3, 0.4) is 0 Å². The third-order valence-electron chi connectivity index (χ3n) is 5.95. The van der Waals surface area contributed by atoms with Gasteiger partial charge in [0, 0.05) is 11.4 Å². The second-order valence-corrected chi connectivity index (χ2v) is 8.98. The predicted octanol–water partition coefficient (Wildman–Crippen LogP) is 3.83. The van der Waals surface area contributed by atoms with E-state index in [1.807, 2.05) is 41.8 Å². The number of rotatable bonds is 6. The maximum atomic E-state index is 13.0. The Morgan fingerprint density at radius 2 is 2.03 bits per heavy atom. The average molecular weight is 474 g/mol. The van der Waals surface area contributed by atoms with Gasteiger partial charge in [0.2, 0.25) is 11.1 Å². The van der Waals surface area contributed by atoms with Gasteiger partial charge in [-0.05, 0) is 56.4 Å². The summed E-state index contributed by atoms with van der Waals surface area (Å²) in [6.45, 7) is 1.82. The topological polar surface area (TPSA) is 128 Å². The third kappa shape index (κ3) is 3.84. The Morgan fingerprint density at radius 1 is 1.24 bits per heavy atom. The van der Waals surface area contributed by atoms with Crippen molar-refractivity contribution in [2.45, 2.75) is 37.8 Å². The van der Waals surface area contributed by atoms with Crippen LogP contribution in [0, 0.1) is 18.3 Å². The number of hydrogen-bond donors (Lipinski definition) is 2. The highest BCUT2D eigenvalue weighted by Crippen LogP contribution is 2.35. The zero-order chi connectivity index (χ0) is 23.7. The minimum atomic E-state index is -0.252. The van der Waals surface area contributed by atoms with Gasteiger partial charge < -0.3 is 15.6 Å². The van der Waals surface area contributed by atoms with E-state index in [1.54, 1.807) is 12.3 Å². The molecule has 0 unspecified atom stereocenters. The summed E-state index contributed by atoms with van der Waals surface area (Å²) in [5, 5.41) is 21.6. The number of carbonyl (C=O) groups is 1. The SMILES string of the molecule is Cc1occc1-c1nnc(SCC(=O)Nc2c(C#N)c3c(n2-c2ccccc2)CCCC3)n1N. The van der Waals surface area contributed by atoms with Crippen LogP contribution in [-0.2, 0) is 17.6 Å². The first-order valence-corrected chi connectivity index (χ1v) is 12.0. The van der Waals surface area contributed by atoms with E-state index in [4.69, 9.17) is 10.3 Å².